The van der Waals surface area contributed by atoms with Crippen LogP contribution in [-0.2, 0) is 19.1 Å². The van der Waals surface area contributed by atoms with Crippen LogP contribution in [0, 0.1) is 0 Å². The van der Waals surface area contributed by atoms with E-state index in [0.717, 1.165) is 16.8 Å². The maximum absolute atomic E-state index is 12.5. The number of carbonyl (C=O) groups excluding carboxylic acids is 2. The number of esters is 1. The number of nitrogens with zero attached hydrogens (tertiary/aromatic N) is 1. The molecule has 1 heterocycles. The number of fused-ring (bicyclic) bond motifs is 1. The predicted molar refractivity (Wildman–Crippen MR) is 89.9 cm³/mol. The molecule has 0 aromatic heterocycles. The molecule has 0 N–H and O–H groups in total. The van der Waals surface area contributed by atoms with E-state index in [1.165, 1.54) is 17.9 Å². The third-order valence-electron chi connectivity index (χ3n) is 3.72. The number of anilines is 1. The number of hydrogen-bond acceptors (Lipinski definition) is 4. The highest BCUT2D eigenvalue weighted by Gasteiger charge is 2.30. The van der Waals surface area contributed by atoms with Crippen LogP contribution in [0.15, 0.2) is 60.7 Å². The summed E-state index contributed by atoms with van der Waals surface area (Å²) in [5, 5.41) is 0. The lowest BCUT2D eigenvalue weighted by Crippen LogP contribution is -2.24. The second kappa shape index (κ2) is 6.58. The van der Waals surface area contributed by atoms with E-state index in [1.807, 2.05) is 54.6 Å². The van der Waals surface area contributed by atoms with E-state index >= 15 is 0 Å². The quantitative estimate of drug-likeness (QED) is 0.642. The van der Waals surface area contributed by atoms with Crippen LogP contribution in [0.3, 0.4) is 0 Å². The van der Waals surface area contributed by atoms with Crippen molar-refractivity contribution in [2.75, 3.05) is 11.9 Å². The summed E-state index contributed by atoms with van der Waals surface area (Å²) >= 11 is 0. The van der Waals surface area contributed by atoms with E-state index in [2.05, 4.69) is 0 Å². The molecule has 0 radical (unpaired) electrons. The second-order valence-electron chi connectivity index (χ2n) is 5.39. The van der Waals surface area contributed by atoms with Crippen LogP contribution in [0.25, 0.3) is 5.76 Å². The number of benzene rings is 2. The molecule has 1 atom stereocenters. The van der Waals surface area contributed by atoms with Gasteiger partial charge in [0.25, 0.3) is 12.2 Å². The maximum atomic E-state index is 12.5. The summed E-state index contributed by atoms with van der Waals surface area (Å²) in [7, 11) is 1.69. The fourth-order valence-corrected chi connectivity index (χ4v) is 2.51. The van der Waals surface area contributed by atoms with Crippen molar-refractivity contribution < 1.29 is 19.1 Å². The molecule has 0 spiro atoms. The van der Waals surface area contributed by atoms with E-state index in [-0.39, 0.29) is 5.91 Å². The largest absolute Gasteiger partial charge is 0.450 e. The first-order valence-electron chi connectivity index (χ1n) is 7.54. The van der Waals surface area contributed by atoms with Crippen molar-refractivity contribution in [3.8, 4) is 0 Å². The number of likely N-dealkylation sites (N-methyl/N-ethyl adjacent to an activating group) is 1. The van der Waals surface area contributed by atoms with Crippen LogP contribution >= 0.6 is 0 Å². The normalized spacial score (nSPS) is 17.1. The monoisotopic (exact) mass is 323 g/mol. The Balaban J connectivity index is 1.88. The van der Waals surface area contributed by atoms with Gasteiger partial charge in [0.05, 0.1) is 0 Å². The van der Waals surface area contributed by atoms with Crippen LogP contribution < -0.4 is 4.90 Å². The van der Waals surface area contributed by atoms with Gasteiger partial charge in [0, 0.05) is 36.9 Å². The van der Waals surface area contributed by atoms with Gasteiger partial charge in [-0.15, -0.1) is 0 Å². The molecule has 24 heavy (non-hydrogen) atoms. The molecular formula is C19H17NO4. The number of para-hydroxylation sites is 1. The highest BCUT2D eigenvalue weighted by Crippen LogP contribution is 2.39. The van der Waals surface area contributed by atoms with Crippen molar-refractivity contribution in [2.24, 2.45) is 0 Å². The van der Waals surface area contributed by atoms with Gasteiger partial charge in [-0.3, -0.25) is 9.59 Å². The minimum Gasteiger partial charge on any atom is -0.450 e. The minimum atomic E-state index is -0.820. The molecular weight excluding hydrogens is 306 g/mol. The maximum Gasteiger partial charge on any atom is 0.305 e. The van der Waals surface area contributed by atoms with Gasteiger partial charge in [-0.1, -0.05) is 42.5 Å². The van der Waals surface area contributed by atoms with Crippen LogP contribution in [-0.4, -0.2) is 18.9 Å². The molecule has 122 valence electrons. The van der Waals surface area contributed by atoms with Gasteiger partial charge >= 0.3 is 5.97 Å². The zero-order chi connectivity index (χ0) is 17.1. The molecule has 5 heteroatoms. The Hall–Kier alpha value is -3.08. The molecule has 0 saturated heterocycles. The molecule has 1 amide bonds. The average Bonchev–Trinajstić information content (AvgIpc) is 2.92. The van der Waals surface area contributed by atoms with Crippen molar-refractivity contribution in [2.45, 2.75) is 13.2 Å². The standard InChI is InChI=1S/C19H17NO4/c1-13(21)23-19-16-11-7-6-10-15(16)17(24-19)12-18(22)20(2)14-8-4-3-5-9-14/h3-12,19H,1-2H3/b17-12+. The third-order valence-corrected chi connectivity index (χ3v) is 3.72. The third kappa shape index (κ3) is 3.15. The smallest absolute Gasteiger partial charge is 0.305 e. The Bertz CT molecular complexity index is 798. The number of amides is 1. The van der Waals surface area contributed by atoms with Crippen LogP contribution in [0.2, 0.25) is 0 Å². The number of hydrogen-bond donors (Lipinski definition) is 0. The number of ether oxygens (including phenoxy) is 2. The Morgan fingerprint density at radius 1 is 1.08 bits per heavy atom. The highest BCUT2D eigenvalue weighted by molar-refractivity contribution is 6.05. The molecule has 2 aromatic carbocycles. The van der Waals surface area contributed by atoms with Gasteiger partial charge in [-0.25, -0.2) is 0 Å². The molecule has 1 unspecified atom stereocenters. The van der Waals surface area contributed by atoms with Gasteiger partial charge < -0.3 is 14.4 Å². The summed E-state index contributed by atoms with van der Waals surface area (Å²) in [6.07, 6.45) is 0.592. The summed E-state index contributed by atoms with van der Waals surface area (Å²) in [4.78, 5) is 25.3. The van der Waals surface area contributed by atoms with E-state index in [9.17, 15) is 9.59 Å². The fourth-order valence-electron chi connectivity index (χ4n) is 2.51. The van der Waals surface area contributed by atoms with Gasteiger partial charge in [0.1, 0.15) is 5.76 Å². The van der Waals surface area contributed by atoms with Crippen LogP contribution in [0.5, 0.6) is 0 Å². The predicted octanol–water partition coefficient (Wildman–Crippen LogP) is 3.28. The molecule has 1 aliphatic heterocycles. The van der Waals surface area contributed by atoms with Gasteiger partial charge in [-0.05, 0) is 12.1 Å². The van der Waals surface area contributed by atoms with E-state index < -0.39 is 12.3 Å². The summed E-state index contributed by atoms with van der Waals surface area (Å²) in [5.74, 6) is -0.275. The lowest BCUT2D eigenvalue weighted by Gasteiger charge is -2.15. The second-order valence-corrected chi connectivity index (χ2v) is 5.39. The van der Waals surface area contributed by atoms with E-state index in [1.54, 1.807) is 7.05 Å². The Morgan fingerprint density at radius 3 is 2.46 bits per heavy atom. The van der Waals surface area contributed by atoms with Crippen molar-refractivity contribution in [3.63, 3.8) is 0 Å². The minimum absolute atomic E-state index is 0.227. The zero-order valence-electron chi connectivity index (χ0n) is 13.4. The summed E-state index contributed by atoms with van der Waals surface area (Å²) in [6, 6.07) is 16.6. The van der Waals surface area contributed by atoms with Gasteiger partial charge in [0.15, 0.2) is 0 Å². The molecule has 1 aliphatic rings. The fraction of sp³-hybridized carbons (Fsp3) is 0.158. The van der Waals surface area contributed by atoms with E-state index in [4.69, 9.17) is 9.47 Å². The first-order chi connectivity index (χ1) is 11.6. The van der Waals surface area contributed by atoms with Crippen molar-refractivity contribution in [3.05, 3.63) is 71.8 Å². The van der Waals surface area contributed by atoms with Crippen molar-refractivity contribution in [1.29, 1.82) is 0 Å². The van der Waals surface area contributed by atoms with Gasteiger partial charge in [0.2, 0.25) is 0 Å². The molecule has 2 aromatic rings. The molecule has 0 saturated carbocycles. The molecule has 0 bridgehead atoms. The van der Waals surface area contributed by atoms with Crippen LogP contribution in [0.1, 0.15) is 24.3 Å². The molecule has 0 aliphatic carbocycles. The zero-order valence-corrected chi connectivity index (χ0v) is 13.4. The number of rotatable bonds is 3. The molecule has 3 rings (SSSR count). The SMILES string of the molecule is CC(=O)OC1O/C(=C/C(=O)N(C)c2ccccc2)c2ccccc21. The van der Waals surface area contributed by atoms with E-state index in [0.29, 0.717) is 5.76 Å². The Labute approximate surface area is 140 Å². The van der Waals surface area contributed by atoms with Gasteiger partial charge in [-0.2, -0.15) is 0 Å². The highest BCUT2D eigenvalue weighted by atomic mass is 16.7. The average molecular weight is 323 g/mol. The topological polar surface area (TPSA) is 55.8 Å². The first kappa shape index (κ1) is 15.8. The summed E-state index contributed by atoms with van der Waals surface area (Å²) in [5.41, 5.74) is 2.26. The lowest BCUT2D eigenvalue weighted by atomic mass is 10.1. The Morgan fingerprint density at radius 2 is 1.75 bits per heavy atom. The molecule has 0 fully saturated rings. The Kier molecular flexibility index (Phi) is 4.33. The van der Waals surface area contributed by atoms with Crippen molar-refractivity contribution >= 4 is 23.3 Å². The summed E-state index contributed by atoms with van der Waals surface area (Å²) in [6.45, 7) is 1.32. The first-order valence-corrected chi connectivity index (χ1v) is 7.54. The number of carbonyl (C=O) groups is 2. The molecule has 5 nitrogen and oxygen atoms in total. The lowest BCUT2D eigenvalue weighted by molar-refractivity contribution is -0.163. The van der Waals surface area contributed by atoms with Crippen LogP contribution in [0.4, 0.5) is 5.69 Å². The summed E-state index contributed by atoms with van der Waals surface area (Å²) < 4.78 is 10.8. The van der Waals surface area contributed by atoms with Crippen molar-refractivity contribution in [1.82, 2.24) is 0 Å².